The second-order valence-electron chi connectivity index (χ2n) is 11.4. The van der Waals surface area contributed by atoms with E-state index in [0.717, 1.165) is 42.0 Å². The minimum absolute atomic E-state index is 0.188. The quantitative estimate of drug-likeness (QED) is 0.130. The Bertz CT molecular complexity index is 1840. The number of hydrogen-bond acceptors (Lipinski definition) is 5. The largest absolute Gasteiger partial charge is 0.478 e. The molecule has 0 aliphatic rings. The summed E-state index contributed by atoms with van der Waals surface area (Å²) in [7, 11) is 3.91. The van der Waals surface area contributed by atoms with Crippen LogP contribution in [0, 0.1) is 0 Å². The van der Waals surface area contributed by atoms with Crippen LogP contribution in [0.2, 0.25) is 10.0 Å². The van der Waals surface area contributed by atoms with Crippen molar-refractivity contribution in [3.8, 4) is 22.8 Å². The number of carbonyl (C=O) groups is 2. The number of benzene rings is 4. The summed E-state index contributed by atoms with van der Waals surface area (Å²) in [6.45, 7) is 2.86. The Morgan fingerprint density at radius 2 is 1.55 bits per heavy atom. The standard InChI is InChI=1S/C37H36Cl2N4O4/c1-4-5-20-43-23-34(31-19-12-27(38)22-32(31)39)40-35(43)33(41-36(44)25-8-13-28(14-9-25)42(2)3)21-24-6-15-29(16-7-24)47-30-17-10-26(11-18-30)37(45)46/h6-19,22-23,33H,4-5,20-21H2,1-3H3,(H,41,44)(H,45,46)/t33-/m0/s1. The predicted octanol–water partition coefficient (Wildman–Crippen LogP) is 8.93. The van der Waals surface area contributed by atoms with Crippen LogP contribution >= 0.6 is 23.2 Å². The molecule has 47 heavy (non-hydrogen) atoms. The highest BCUT2D eigenvalue weighted by atomic mass is 35.5. The van der Waals surface area contributed by atoms with E-state index in [4.69, 9.17) is 38.0 Å². The predicted molar refractivity (Wildman–Crippen MR) is 187 cm³/mol. The maximum Gasteiger partial charge on any atom is 0.335 e. The number of imidazole rings is 1. The molecule has 242 valence electrons. The number of unbranched alkanes of at least 4 members (excludes halogenated alkanes) is 1. The molecule has 0 aliphatic heterocycles. The van der Waals surface area contributed by atoms with Crippen molar-refractivity contribution in [3.63, 3.8) is 0 Å². The molecule has 0 unspecified atom stereocenters. The zero-order valence-electron chi connectivity index (χ0n) is 26.4. The number of aryl methyl sites for hydroxylation is 1. The van der Waals surface area contributed by atoms with Crippen molar-refractivity contribution in [2.24, 2.45) is 0 Å². The van der Waals surface area contributed by atoms with Crippen LogP contribution in [-0.2, 0) is 13.0 Å². The number of carboxylic acid groups (broad SMARTS) is 1. The number of halogens is 2. The van der Waals surface area contributed by atoms with Gasteiger partial charge in [-0.25, -0.2) is 9.78 Å². The molecule has 1 heterocycles. The summed E-state index contributed by atoms with van der Waals surface area (Å²) in [6, 6.07) is 26.2. The highest BCUT2D eigenvalue weighted by Gasteiger charge is 2.24. The molecule has 10 heteroatoms. The van der Waals surface area contributed by atoms with E-state index in [1.165, 1.54) is 12.1 Å². The van der Waals surface area contributed by atoms with E-state index in [9.17, 15) is 9.59 Å². The Kier molecular flexibility index (Phi) is 10.9. The molecule has 0 saturated heterocycles. The minimum Gasteiger partial charge on any atom is -0.478 e. The van der Waals surface area contributed by atoms with Gasteiger partial charge in [-0.1, -0.05) is 48.7 Å². The first kappa shape index (κ1) is 33.6. The lowest BCUT2D eigenvalue weighted by atomic mass is 10.0. The molecule has 1 amide bonds. The molecule has 2 N–H and O–H groups in total. The van der Waals surface area contributed by atoms with Crippen molar-refractivity contribution in [3.05, 3.63) is 130 Å². The average Bonchev–Trinajstić information content (AvgIpc) is 3.48. The van der Waals surface area contributed by atoms with Crippen molar-refractivity contribution in [2.45, 2.75) is 38.8 Å². The van der Waals surface area contributed by atoms with E-state index < -0.39 is 12.0 Å². The first-order valence-corrected chi connectivity index (χ1v) is 16.1. The normalized spacial score (nSPS) is 11.6. The number of hydrogen-bond donors (Lipinski definition) is 2. The molecule has 5 aromatic rings. The summed E-state index contributed by atoms with van der Waals surface area (Å²) >= 11 is 12.8. The van der Waals surface area contributed by atoms with Crippen molar-refractivity contribution in [1.82, 2.24) is 14.9 Å². The number of aromatic carboxylic acids is 1. The number of anilines is 1. The van der Waals surface area contributed by atoms with E-state index in [0.29, 0.717) is 39.2 Å². The number of carboxylic acids is 1. The Labute approximate surface area is 284 Å². The Balaban J connectivity index is 1.46. The van der Waals surface area contributed by atoms with Gasteiger partial charge in [0.25, 0.3) is 5.91 Å². The van der Waals surface area contributed by atoms with Crippen LogP contribution in [0.3, 0.4) is 0 Å². The minimum atomic E-state index is -0.994. The van der Waals surface area contributed by atoms with Gasteiger partial charge in [0.05, 0.1) is 22.3 Å². The van der Waals surface area contributed by atoms with Gasteiger partial charge in [0.15, 0.2) is 0 Å². The SMILES string of the molecule is CCCCn1cc(-c2ccc(Cl)cc2Cl)nc1[C@H](Cc1ccc(Oc2ccc(C(=O)O)cc2)cc1)NC(=O)c1ccc(N(C)C)cc1. The van der Waals surface area contributed by atoms with Gasteiger partial charge in [0.2, 0.25) is 0 Å². The zero-order valence-corrected chi connectivity index (χ0v) is 27.9. The first-order valence-electron chi connectivity index (χ1n) is 15.3. The molecule has 0 fully saturated rings. The van der Waals surface area contributed by atoms with Crippen LogP contribution in [0.5, 0.6) is 11.5 Å². The third-order valence-electron chi connectivity index (χ3n) is 7.73. The zero-order chi connectivity index (χ0) is 33.5. The first-order chi connectivity index (χ1) is 22.6. The van der Waals surface area contributed by atoms with Crippen molar-refractivity contribution in [1.29, 1.82) is 0 Å². The maximum atomic E-state index is 13.7. The number of carbonyl (C=O) groups excluding carboxylic acids is 1. The molecule has 0 spiro atoms. The fourth-order valence-corrected chi connectivity index (χ4v) is 5.64. The Morgan fingerprint density at radius 3 is 2.15 bits per heavy atom. The van der Waals surface area contributed by atoms with Gasteiger partial charge >= 0.3 is 5.97 Å². The second-order valence-corrected chi connectivity index (χ2v) is 12.2. The molecule has 5 rings (SSSR count). The molecule has 1 aromatic heterocycles. The number of rotatable bonds is 13. The molecule has 0 bridgehead atoms. The van der Waals surface area contributed by atoms with E-state index in [2.05, 4.69) is 16.8 Å². The smallest absolute Gasteiger partial charge is 0.335 e. The maximum absolute atomic E-state index is 13.7. The monoisotopic (exact) mass is 670 g/mol. The van der Waals surface area contributed by atoms with Gasteiger partial charge in [-0.3, -0.25) is 4.79 Å². The number of aromatic nitrogens is 2. The summed E-state index contributed by atoms with van der Waals surface area (Å²) in [6.07, 6.45) is 4.37. The van der Waals surface area contributed by atoms with Gasteiger partial charge in [-0.15, -0.1) is 0 Å². The van der Waals surface area contributed by atoms with Crippen LogP contribution < -0.4 is 15.0 Å². The van der Waals surface area contributed by atoms with Gasteiger partial charge in [-0.2, -0.15) is 0 Å². The number of nitrogens with zero attached hydrogens (tertiary/aromatic N) is 3. The lowest BCUT2D eigenvalue weighted by Gasteiger charge is -2.21. The average molecular weight is 672 g/mol. The lowest BCUT2D eigenvalue weighted by molar-refractivity contribution is 0.0696. The topological polar surface area (TPSA) is 96.7 Å². The van der Waals surface area contributed by atoms with Gasteiger partial charge in [0, 0.05) is 48.7 Å². The number of ether oxygens (including phenoxy) is 1. The fraction of sp³-hybridized carbons (Fsp3) is 0.216. The highest BCUT2D eigenvalue weighted by Crippen LogP contribution is 2.32. The molecule has 8 nitrogen and oxygen atoms in total. The van der Waals surface area contributed by atoms with E-state index in [1.54, 1.807) is 24.3 Å². The van der Waals surface area contributed by atoms with Crippen molar-refractivity contribution >= 4 is 40.8 Å². The molecular weight excluding hydrogens is 635 g/mol. The Morgan fingerprint density at radius 1 is 0.915 bits per heavy atom. The van der Waals surface area contributed by atoms with Crippen LogP contribution in [0.1, 0.15) is 57.9 Å². The number of nitrogens with one attached hydrogen (secondary N) is 1. The van der Waals surface area contributed by atoms with Crippen LogP contribution in [0.4, 0.5) is 5.69 Å². The van der Waals surface area contributed by atoms with E-state index >= 15 is 0 Å². The molecule has 1 atom stereocenters. The lowest BCUT2D eigenvalue weighted by Crippen LogP contribution is -2.32. The highest BCUT2D eigenvalue weighted by molar-refractivity contribution is 6.36. The second kappa shape index (κ2) is 15.2. The number of amides is 1. The van der Waals surface area contributed by atoms with Crippen LogP contribution in [0.15, 0.2) is 97.2 Å². The van der Waals surface area contributed by atoms with E-state index in [-0.39, 0.29) is 11.5 Å². The van der Waals surface area contributed by atoms with Crippen LogP contribution in [0.25, 0.3) is 11.3 Å². The summed E-state index contributed by atoms with van der Waals surface area (Å²) in [4.78, 5) is 31.9. The molecule has 0 saturated carbocycles. The molecule has 0 radical (unpaired) electrons. The van der Waals surface area contributed by atoms with Gasteiger partial charge in [-0.05, 0) is 97.3 Å². The summed E-state index contributed by atoms with van der Waals surface area (Å²) in [5.41, 5.74) is 4.15. The van der Waals surface area contributed by atoms with Crippen molar-refractivity contribution in [2.75, 3.05) is 19.0 Å². The fourth-order valence-electron chi connectivity index (χ4n) is 5.13. The molecule has 4 aromatic carbocycles. The van der Waals surface area contributed by atoms with E-state index in [1.807, 2.05) is 79.8 Å². The Hall–Kier alpha value is -4.79. The van der Waals surface area contributed by atoms with Crippen LogP contribution in [-0.4, -0.2) is 40.6 Å². The third-order valence-corrected chi connectivity index (χ3v) is 8.28. The summed E-state index contributed by atoms with van der Waals surface area (Å²) < 4.78 is 8.04. The van der Waals surface area contributed by atoms with Crippen molar-refractivity contribution < 1.29 is 19.4 Å². The van der Waals surface area contributed by atoms with Gasteiger partial charge in [0.1, 0.15) is 17.3 Å². The molecular formula is C37H36Cl2N4O4. The van der Waals surface area contributed by atoms with Gasteiger partial charge < -0.3 is 24.6 Å². The third kappa shape index (κ3) is 8.52. The molecule has 0 aliphatic carbocycles. The summed E-state index contributed by atoms with van der Waals surface area (Å²) in [5.74, 6) is 0.645. The summed E-state index contributed by atoms with van der Waals surface area (Å²) in [5, 5.41) is 13.4.